The molecule has 4 rings (SSSR count). The normalized spacial score (nSPS) is 22.2. The van der Waals surface area contributed by atoms with E-state index >= 15 is 0 Å². The van der Waals surface area contributed by atoms with E-state index in [0.29, 0.717) is 44.9 Å². The van der Waals surface area contributed by atoms with Gasteiger partial charge in [-0.3, -0.25) is 14.4 Å². The molecule has 2 aliphatic heterocycles. The number of halogens is 3. The molecular formula is C31H50Cl2FN5O3. The minimum atomic E-state index is -0.766. The van der Waals surface area contributed by atoms with Crippen LogP contribution >= 0.6 is 24.8 Å². The number of piperidine rings is 1. The van der Waals surface area contributed by atoms with E-state index in [0.717, 1.165) is 37.8 Å². The van der Waals surface area contributed by atoms with E-state index in [1.807, 2.05) is 32.7 Å². The summed E-state index contributed by atoms with van der Waals surface area (Å²) >= 11 is 0. The lowest BCUT2D eigenvalue weighted by atomic mass is 9.63. The number of amides is 3. The van der Waals surface area contributed by atoms with Gasteiger partial charge in [0.15, 0.2) is 0 Å². The third kappa shape index (κ3) is 9.28. The number of carbonyl (C=O) groups is 3. The fourth-order valence-corrected chi connectivity index (χ4v) is 6.69. The Kier molecular flexibility index (Phi) is 13.5. The van der Waals surface area contributed by atoms with Crippen LogP contribution in [0.4, 0.5) is 4.39 Å². The van der Waals surface area contributed by atoms with Crippen molar-refractivity contribution in [3.05, 3.63) is 35.6 Å². The number of rotatable bonds is 7. The van der Waals surface area contributed by atoms with Crippen molar-refractivity contribution < 1.29 is 18.8 Å². The molecule has 3 N–H and O–H groups in total. The highest BCUT2D eigenvalue weighted by molar-refractivity contribution is 5.90. The Morgan fingerprint density at radius 1 is 1.02 bits per heavy atom. The summed E-state index contributed by atoms with van der Waals surface area (Å²) in [4.78, 5) is 44.8. The topological polar surface area (TPSA) is 93.8 Å². The van der Waals surface area contributed by atoms with Crippen molar-refractivity contribution in [3.8, 4) is 0 Å². The summed E-state index contributed by atoms with van der Waals surface area (Å²) in [7, 11) is 1.98. The number of nitrogens with one attached hydrogen (secondary N) is 3. The number of piperazine rings is 1. The average Bonchev–Trinajstić information content (AvgIpc) is 2.93. The van der Waals surface area contributed by atoms with Gasteiger partial charge in [0.1, 0.15) is 11.9 Å². The first kappa shape index (κ1) is 36.3. The Bertz CT molecular complexity index is 1040. The highest BCUT2D eigenvalue weighted by Gasteiger charge is 2.49. The highest BCUT2D eigenvalue weighted by atomic mass is 35.5. The van der Waals surface area contributed by atoms with Crippen molar-refractivity contribution in [2.45, 2.75) is 89.8 Å². The van der Waals surface area contributed by atoms with Gasteiger partial charge in [0.25, 0.3) is 0 Å². The standard InChI is InChI=1S/C31H48FN5O3.2ClH/c1-30(2,3)35-29(40)31(23-8-6-5-7-9-23)14-17-37(18-15-31)28(39)25(20-22-10-12-24(32)13-11-22)34-27(38)26-21-36(4)19-16-33-26;;/h10-13,23,25-26,33H,5-9,14-21H2,1-4H3,(H,34,38)(H,35,40);2*1H/t25-,26-;;/m0../s1. The molecule has 1 saturated carbocycles. The van der Waals surface area contributed by atoms with Gasteiger partial charge in [-0.25, -0.2) is 4.39 Å². The van der Waals surface area contributed by atoms with Crippen LogP contribution in [0.3, 0.4) is 0 Å². The van der Waals surface area contributed by atoms with E-state index in [1.54, 1.807) is 12.1 Å². The molecule has 42 heavy (non-hydrogen) atoms. The number of hydrogen-bond acceptors (Lipinski definition) is 5. The van der Waals surface area contributed by atoms with Crippen LogP contribution in [0.25, 0.3) is 0 Å². The van der Waals surface area contributed by atoms with E-state index in [2.05, 4.69) is 20.9 Å². The molecule has 0 radical (unpaired) electrons. The number of carbonyl (C=O) groups excluding carboxylic acids is 3. The molecule has 238 valence electrons. The van der Waals surface area contributed by atoms with Crippen LogP contribution in [0, 0.1) is 17.2 Å². The number of nitrogens with zero attached hydrogens (tertiary/aromatic N) is 2. The summed E-state index contributed by atoms with van der Waals surface area (Å²) in [6.07, 6.45) is 7.14. The van der Waals surface area contributed by atoms with E-state index in [1.165, 1.54) is 18.6 Å². The third-order valence-corrected chi connectivity index (χ3v) is 8.96. The second-order valence-corrected chi connectivity index (χ2v) is 13.2. The van der Waals surface area contributed by atoms with Gasteiger partial charge in [-0.05, 0) is 77.1 Å². The average molecular weight is 631 g/mol. The molecule has 2 heterocycles. The SMILES string of the molecule is CN1CCN[C@H](C(=O)N[C@@H](Cc2ccc(F)cc2)C(=O)N2CCC(C(=O)NC(C)(C)C)(C3CCCCC3)CC2)C1.Cl.Cl. The number of hydrogen-bond donors (Lipinski definition) is 3. The van der Waals surface area contributed by atoms with E-state index in [4.69, 9.17) is 0 Å². The molecule has 8 nitrogen and oxygen atoms in total. The summed E-state index contributed by atoms with van der Waals surface area (Å²) in [6, 6.07) is 4.92. The van der Waals surface area contributed by atoms with Crippen molar-refractivity contribution in [3.63, 3.8) is 0 Å². The van der Waals surface area contributed by atoms with Gasteiger partial charge in [0.2, 0.25) is 17.7 Å². The van der Waals surface area contributed by atoms with E-state index < -0.39 is 17.5 Å². The van der Waals surface area contributed by atoms with Crippen LogP contribution in [0.1, 0.15) is 71.3 Å². The molecule has 1 aliphatic carbocycles. The predicted molar refractivity (Wildman–Crippen MR) is 169 cm³/mol. The lowest BCUT2D eigenvalue weighted by Gasteiger charge is -2.48. The molecule has 0 aromatic heterocycles. The quantitative estimate of drug-likeness (QED) is 0.428. The minimum Gasteiger partial charge on any atom is -0.351 e. The van der Waals surface area contributed by atoms with E-state index in [-0.39, 0.29) is 60.3 Å². The van der Waals surface area contributed by atoms with Crippen molar-refractivity contribution in [1.82, 2.24) is 25.8 Å². The molecule has 0 spiro atoms. The van der Waals surface area contributed by atoms with Gasteiger partial charge in [0, 0.05) is 44.7 Å². The zero-order valence-corrected chi connectivity index (χ0v) is 27.2. The maximum Gasteiger partial charge on any atom is 0.245 e. The first-order valence-electron chi connectivity index (χ1n) is 15.0. The molecule has 2 atom stereocenters. The van der Waals surface area contributed by atoms with Crippen molar-refractivity contribution in [2.24, 2.45) is 11.3 Å². The Labute approximate surface area is 263 Å². The summed E-state index contributed by atoms with van der Waals surface area (Å²) < 4.78 is 13.6. The van der Waals surface area contributed by atoms with Crippen LogP contribution in [-0.2, 0) is 20.8 Å². The zero-order valence-electron chi connectivity index (χ0n) is 25.5. The van der Waals surface area contributed by atoms with Gasteiger partial charge in [0.05, 0.1) is 11.5 Å². The highest BCUT2D eigenvalue weighted by Crippen LogP contribution is 2.46. The second kappa shape index (κ2) is 15.7. The summed E-state index contributed by atoms with van der Waals surface area (Å²) in [6.45, 7) is 9.14. The first-order valence-corrected chi connectivity index (χ1v) is 15.0. The molecule has 3 fully saturated rings. The van der Waals surface area contributed by atoms with Crippen LogP contribution in [0.5, 0.6) is 0 Å². The molecule has 11 heteroatoms. The monoisotopic (exact) mass is 629 g/mol. The molecule has 1 aromatic carbocycles. The van der Waals surface area contributed by atoms with Gasteiger partial charge in [-0.2, -0.15) is 0 Å². The molecule has 1 aromatic rings. The Hall–Kier alpha value is -1.94. The Morgan fingerprint density at radius 2 is 1.64 bits per heavy atom. The van der Waals surface area contributed by atoms with Crippen LogP contribution in [0.2, 0.25) is 0 Å². The predicted octanol–water partition coefficient (Wildman–Crippen LogP) is 3.70. The van der Waals surface area contributed by atoms with Gasteiger partial charge < -0.3 is 25.8 Å². The van der Waals surface area contributed by atoms with Crippen molar-refractivity contribution in [1.29, 1.82) is 0 Å². The Balaban J connectivity index is 0.00000308. The molecular weight excluding hydrogens is 580 g/mol. The zero-order chi connectivity index (χ0) is 28.9. The van der Waals surface area contributed by atoms with Gasteiger partial charge in [-0.15, -0.1) is 24.8 Å². The van der Waals surface area contributed by atoms with Crippen LogP contribution < -0.4 is 16.0 Å². The molecule has 0 bridgehead atoms. The molecule has 3 aliphatic rings. The van der Waals surface area contributed by atoms with Gasteiger partial charge in [-0.1, -0.05) is 31.4 Å². The molecule has 3 amide bonds. The fraction of sp³-hybridized carbons (Fsp3) is 0.710. The number of likely N-dealkylation sites (tertiary alicyclic amines) is 1. The summed E-state index contributed by atoms with van der Waals surface area (Å²) in [5.41, 5.74) is -0.0132. The maximum absolute atomic E-state index is 13.9. The molecule has 2 saturated heterocycles. The maximum atomic E-state index is 13.9. The fourth-order valence-electron chi connectivity index (χ4n) is 6.69. The summed E-state index contributed by atoms with van der Waals surface area (Å²) in [5, 5.41) is 9.52. The van der Waals surface area contributed by atoms with Crippen LogP contribution in [-0.4, -0.2) is 84.9 Å². The van der Waals surface area contributed by atoms with E-state index in [9.17, 15) is 18.8 Å². The lowest BCUT2D eigenvalue weighted by molar-refractivity contribution is -0.147. The smallest absolute Gasteiger partial charge is 0.245 e. The van der Waals surface area contributed by atoms with Gasteiger partial charge >= 0.3 is 0 Å². The number of benzene rings is 1. The molecule has 0 unspecified atom stereocenters. The number of likely N-dealkylation sites (N-methyl/N-ethyl adjacent to an activating group) is 1. The minimum absolute atomic E-state index is 0. The summed E-state index contributed by atoms with van der Waals surface area (Å²) in [5.74, 6) is -0.248. The lowest BCUT2D eigenvalue weighted by Crippen LogP contribution is -2.61. The van der Waals surface area contributed by atoms with Crippen molar-refractivity contribution in [2.75, 3.05) is 39.8 Å². The Morgan fingerprint density at radius 3 is 2.21 bits per heavy atom. The third-order valence-electron chi connectivity index (χ3n) is 8.96. The second-order valence-electron chi connectivity index (χ2n) is 13.2. The largest absolute Gasteiger partial charge is 0.351 e. The van der Waals surface area contributed by atoms with Crippen LogP contribution in [0.15, 0.2) is 24.3 Å². The first-order chi connectivity index (χ1) is 19.0. The van der Waals surface area contributed by atoms with Crippen molar-refractivity contribution >= 4 is 42.5 Å².